The van der Waals surface area contributed by atoms with Crippen LogP contribution < -0.4 is 0 Å². The van der Waals surface area contributed by atoms with Gasteiger partial charge in [0.05, 0.1) is 10.9 Å². The van der Waals surface area contributed by atoms with Crippen molar-refractivity contribution in [1.29, 1.82) is 0 Å². The van der Waals surface area contributed by atoms with Gasteiger partial charge in [0.1, 0.15) is 0 Å². The van der Waals surface area contributed by atoms with E-state index in [1.807, 2.05) is 12.1 Å². The molecule has 0 aliphatic heterocycles. The number of halogens is 2. The average Bonchev–Trinajstić information content (AvgIpc) is 2.87. The second kappa shape index (κ2) is 5.30. The van der Waals surface area contributed by atoms with Crippen LogP contribution in [0.5, 0.6) is 0 Å². The minimum Gasteiger partial charge on any atom is -0.334 e. The number of aromatic nitrogens is 2. The van der Waals surface area contributed by atoms with E-state index in [1.54, 1.807) is 11.9 Å². The molecule has 0 aliphatic carbocycles. The number of hydrogen-bond donors (Lipinski definition) is 0. The average molecular weight is 308 g/mol. The van der Waals surface area contributed by atoms with Gasteiger partial charge in [0, 0.05) is 11.9 Å². The molecule has 4 nitrogen and oxygen atoms in total. The first-order chi connectivity index (χ1) is 8.06. The van der Waals surface area contributed by atoms with Crippen molar-refractivity contribution in [3.63, 3.8) is 0 Å². The molecule has 0 aromatic carbocycles. The zero-order valence-electron chi connectivity index (χ0n) is 8.68. The van der Waals surface area contributed by atoms with Crippen LogP contribution in [0.15, 0.2) is 12.1 Å². The maximum atomic E-state index is 11.9. The molecule has 2 rings (SSSR count). The molecule has 0 saturated heterocycles. The van der Waals surface area contributed by atoms with Crippen molar-refractivity contribution < 1.29 is 4.79 Å². The number of thiophene rings is 1. The molecule has 0 aliphatic rings. The van der Waals surface area contributed by atoms with Crippen molar-refractivity contribution in [3.05, 3.63) is 30.8 Å². The summed E-state index contributed by atoms with van der Waals surface area (Å²) in [6.07, 6.45) is 0. The number of carbonyl (C=O) groups is 1. The number of nitrogens with zero attached hydrogens (tertiary/aromatic N) is 3. The standard InChI is InChI=1S/C9H7Cl2N3OS2/c1-14(4-5-2-3-6(10)16-5)8(15)7-12-13-9(11)17-7/h2-3H,4H2,1H3. The molecular weight excluding hydrogens is 301 g/mol. The predicted molar refractivity (Wildman–Crippen MR) is 70.0 cm³/mol. The van der Waals surface area contributed by atoms with Crippen molar-refractivity contribution in [1.82, 2.24) is 15.1 Å². The van der Waals surface area contributed by atoms with Crippen LogP contribution in [0.3, 0.4) is 0 Å². The zero-order chi connectivity index (χ0) is 12.4. The number of hydrogen-bond acceptors (Lipinski definition) is 5. The van der Waals surface area contributed by atoms with E-state index in [0.29, 0.717) is 15.9 Å². The Morgan fingerprint density at radius 2 is 2.12 bits per heavy atom. The summed E-state index contributed by atoms with van der Waals surface area (Å²) in [6, 6.07) is 3.70. The molecule has 8 heteroatoms. The minimum absolute atomic E-state index is 0.195. The number of carbonyl (C=O) groups excluding carboxylic acids is 1. The van der Waals surface area contributed by atoms with Gasteiger partial charge in [0.15, 0.2) is 0 Å². The van der Waals surface area contributed by atoms with Crippen LogP contribution in [0.4, 0.5) is 0 Å². The highest BCUT2D eigenvalue weighted by molar-refractivity contribution is 7.17. The Labute approximate surface area is 116 Å². The Kier molecular flexibility index (Phi) is 3.98. The van der Waals surface area contributed by atoms with Gasteiger partial charge in [-0.3, -0.25) is 4.79 Å². The quantitative estimate of drug-likeness (QED) is 0.875. The Hall–Kier alpha value is -0.690. The van der Waals surface area contributed by atoms with Crippen LogP contribution in [0, 0.1) is 0 Å². The molecule has 2 heterocycles. The highest BCUT2D eigenvalue weighted by atomic mass is 35.5. The molecule has 1 amide bonds. The van der Waals surface area contributed by atoms with Gasteiger partial charge in [0.2, 0.25) is 9.47 Å². The molecule has 0 radical (unpaired) electrons. The van der Waals surface area contributed by atoms with Crippen molar-refractivity contribution in [2.24, 2.45) is 0 Å². The largest absolute Gasteiger partial charge is 0.334 e. The first-order valence-electron chi connectivity index (χ1n) is 4.55. The van der Waals surface area contributed by atoms with Gasteiger partial charge in [-0.25, -0.2) is 0 Å². The third-order valence-corrected chi connectivity index (χ3v) is 4.17. The summed E-state index contributed by atoms with van der Waals surface area (Å²) in [7, 11) is 1.70. The Morgan fingerprint density at radius 1 is 1.35 bits per heavy atom. The molecule has 0 fully saturated rings. The molecule has 0 N–H and O–H groups in total. The summed E-state index contributed by atoms with van der Waals surface area (Å²) >= 11 is 14.0. The van der Waals surface area contributed by atoms with Gasteiger partial charge in [-0.15, -0.1) is 21.5 Å². The van der Waals surface area contributed by atoms with Crippen LogP contribution in [-0.2, 0) is 6.54 Å². The summed E-state index contributed by atoms with van der Waals surface area (Å²) in [4.78, 5) is 14.5. The van der Waals surface area contributed by atoms with Crippen molar-refractivity contribution in [2.45, 2.75) is 6.54 Å². The summed E-state index contributed by atoms with van der Waals surface area (Å²) in [5.74, 6) is -0.195. The van der Waals surface area contributed by atoms with Gasteiger partial charge < -0.3 is 4.90 Å². The van der Waals surface area contributed by atoms with E-state index in [2.05, 4.69) is 10.2 Å². The maximum absolute atomic E-state index is 11.9. The number of amides is 1. The Morgan fingerprint density at radius 3 is 2.65 bits per heavy atom. The molecular formula is C9H7Cl2N3OS2. The summed E-state index contributed by atoms with van der Waals surface area (Å²) in [5.41, 5.74) is 0. The smallest absolute Gasteiger partial charge is 0.284 e. The van der Waals surface area contributed by atoms with E-state index in [4.69, 9.17) is 23.2 Å². The van der Waals surface area contributed by atoms with E-state index in [9.17, 15) is 4.79 Å². The van der Waals surface area contributed by atoms with Gasteiger partial charge in [-0.1, -0.05) is 22.9 Å². The molecule has 0 atom stereocenters. The van der Waals surface area contributed by atoms with E-state index < -0.39 is 0 Å². The lowest BCUT2D eigenvalue weighted by Gasteiger charge is -2.13. The van der Waals surface area contributed by atoms with Gasteiger partial charge in [-0.2, -0.15) is 0 Å². The molecule has 0 spiro atoms. The molecule has 0 bridgehead atoms. The van der Waals surface area contributed by atoms with E-state index in [-0.39, 0.29) is 10.4 Å². The lowest BCUT2D eigenvalue weighted by Crippen LogP contribution is -2.25. The SMILES string of the molecule is CN(Cc1ccc(Cl)s1)C(=O)c1nnc(Cl)s1. The van der Waals surface area contributed by atoms with E-state index in [1.165, 1.54) is 11.3 Å². The summed E-state index contributed by atoms with van der Waals surface area (Å²) < 4.78 is 0.973. The second-order valence-corrected chi connectivity index (χ2v) is 6.59. The lowest BCUT2D eigenvalue weighted by atomic mass is 10.4. The monoisotopic (exact) mass is 307 g/mol. The van der Waals surface area contributed by atoms with Crippen molar-refractivity contribution in [2.75, 3.05) is 7.05 Å². The second-order valence-electron chi connectivity index (χ2n) is 3.23. The van der Waals surface area contributed by atoms with Crippen LogP contribution >= 0.6 is 45.9 Å². The highest BCUT2D eigenvalue weighted by Crippen LogP contribution is 2.23. The normalized spacial score (nSPS) is 10.5. The van der Waals surface area contributed by atoms with Crippen LogP contribution in [0.1, 0.15) is 14.7 Å². The molecule has 17 heavy (non-hydrogen) atoms. The summed E-state index contributed by atoms with van der Waals surface area (Å²) in [5, 5.41) is 7.60. The lowest BCUT2D eigenvalue weighted by molar-refractivity contribution is 0.0785. The predicted octanol–water partition coefficient (Wildman–Crippen LogP) is 3.18. The van der Waals surface area contributed by atoms with Crippen molar-refractivity contribution in [3.8, 4) is 0 Å². The van der Waals surface area contributed by atoms with Crippen LogP contribution in [0.2, 0.25) is 8.80 Å². The Balaban J connectivity index is 2.05. The third kappa shape index (κ3) is 3.16. The first kappa shape index (κ1) is 12.8. The molecule has 90 valence electrons. The molecule has 0 saturated carbocycles. The fourth-order valence-electron chi connectivity index (χ4n) is 1.20. The van der Waals surface area contributed by atoms with E-state index in [0.717, 1.165) is 16.2 Å². The van der Waals surface area contributed by atoms with Crippen LogP contribution in [-0.4, -0.2) is 28.1 Å². The van der Waals surface area contributed by atoms with Gasteiger partial charge >= 0.3 is 0 Å². The number of rotatable bonds is 3. The van der Waals surface area contributed by atoms with Gasteiger partial charge in [-0.05, 0) is 23.7 Å². The first-order valence-corrected chi connectivity index (χ1v) is 6.94. The van der Waals surface area contributed by atoms with Crippen molar-refractivity contribution >= 4 is 51.8 Å². The molecule has 2 aromatic rings. The van der Waals surface area contributed by atoms with E-state index >= 15 is 0 Å². The molecule has 2 aromatic heterocycles. The fraction of sp³-hybridized carbons (Fsp3) is 0.222. The Bertz CT molecular complexity index is 540. The molecule has 0 unspecified atom stereocenters. The highest BCUT2D eigenvalue weighted by Gasteiger charge is 2.17. The van der Waals surface area contributed by atoms with Crippen LogP contribution in [0.25, 0.3) is 0 Å². The topological polar surface area (TPSA) is 46.1 Å². The third-order valence-electron chi connectivity index (χ3n) is 1.95. The maximum Gasteiger partial charge on any atom is 0.284 e. The van der Waals surface area contributed by atoms with Gasteiger partial charge in [0.25, 0.3) is 5.91 Å². The summed E-state index contributed by atoms with van der Waals surface area (Å²) in [6.45, 7) is 0.493. The zero-order valence-corrected chi connectivity index (χ0v) is 11.8. The minimum atomic E-state index is -0.195. The fourth-order valence-corrected chi connectivity index (χ4v) is 3.16.